The number of piperidine rings is 1. The second-order valence-electron chi connectivity index (χ2n) is 6.40. The molecule has 1 fully saturated rings. The van der Waals surface area contributed by atoms with Gasteiger partial charge >= 0.3 is 0 Å². The van der Waals surface area contributed by atoms with Crippen LogP contribution in [0.5, 0.6) is 0 Å². The van der Waals surface area contributed by atoms with Crippen molar-refractivity contribution in [2.24, 2.45) is 0 Å². The Morgan fingerprint density at radius 2 is 2.12 bits per heavy atom. The Balaban J connectivity index is 1.65. The third kappa shape index (κ3) is 3.43. The first-order chi connectivity index (χ1) is 12.2. The summed E-state index contributed by atoms with van der Waals surface area (Å²) in [6.45, 7) is 1.64. The summed E-state index contributed by atoms with van der Waals surface area (Å²) in [7, 11) is 0. The number of pyridine rings is 2. The molecule has 0 amide bonds. The van der Waals surface area contributed by atoms with Crippen molar-refractivity contribution in [1.29, 1.82) is 0 Å². The van der Waals surface area contributed by atoms with Crippen LogP contribution in [0.3, 0.4) is 0 Å². The molecule has 0 bridgehead atoms. The lowest BCUT2D eigenvalue weighted by atomic mass is 9.98. The van der Waals surface area contributed by atoms with Crippen LogP contribution in [0.2, 0.25) is 5.02 Å². The topological polar surface area (TPSA) is 50.5 Å². The van der Waals surface area contributed by atoms with Gasteiger partial charge in [0.25, 0.3) is 5.56 Å². The van der Waals surface area contributed by atoms with Gasteiger partial charge in [-0.2, -0.15) is 0 Å². The first-order valence-corrected chi connectivity index (χ1v) is 8.91. The van der Waals surface area contributed by atoms with Gasteiger partial charge in [-0.15, -0.1) is 0 Å². The summed E-state index contributed by atoms with van der Waals surface area (Å²) >= 11 is 5.97. The molecular formula is C19H19ClN4O. The Hall–Kier alpha value is -2.24. The standard InChI is InChI=1S/C19H19ClN4O/c20-14-7-8-18-22-15(11-19(25)24(18)12-14)13-23-10-4-2-6-17(23)16-5-1-3-9-21-16/h1,3,5,7-9,11-12,17H,2,4,6,10,13H2/t17-/m0/s1. The summed E-state index contributed by atoms with van der Waals surface area (Å²) < 4.78 is 1.48. The third-order valence-electron chi connectivity index (χ3n) is 4.68. The molecule has 1 saturated heterocycles. The van der Waals surface area contributed by atoms with Gasteiger partial charge in [-0.1, -0.05) is 24.1 Å². The second kappa shape index (κ2) is 6.94. The molecule has 1 atom stereocenters. The smallest absolute Gasteiger partial charge is 0.258 e. The van der Waals surface area contributed by atoms with Crippen molar-refractivity contribution in [3.05, 3.63) is 75.6 Å². The van der Waals surface area contributed by atoms with Crippen LogP contribution in [-0.4, -0.2) is 25.8 Å². The van der Waals surface area contributed by atoms with E-state index in [0.717, 1.165) is 30.8 Å². The van der Waals surface area contributed by atoms with Gasteiger partial charge in [0.2, 0.25) is 0 Å². The van der Waals surface area contributed by atoms with Crippen molar-refractivity contribution in [3.8, 4) is 0 Å². The minimum atomic E-state index is -0.103. The molecule has 0 aromatic carbocycles. The van der Waals surface area contributed by atoms with Crippen LogP contribution in [0, 0.1) is 0 Å². The van der Waals surface area contributed by atoms with E-state index in [2.05, 4.69) is 20.9 Å². The van der Waals surface area contributed by atoms with Crippen LogP contribution in [-0.2, 0) is 6.54 Å². The zero-order valence-electron chi connectivity index (χ0n) is 13.8. The van der Waals surface area contributed by atoms with Gasteiger partial charge in [-0.3, -0.25) is 19.1 Å². The second-order valence-corrected chi connectivity index (χ2v) is 6.83. The molecule has 1 aliphatic rings. The molecular weight excluding hydrogens is 336 g/mol. The van der Waals surface area contributed by atoms with E-state index in [0.29, 0.717) is 17.2 Å². The highest BCUT2D eigenvalue weighted by Crippen LogP contribution is 2.30. The van der Waals surface area contributed by atoms with E-state index in [9.17, 15) is 4.79 Å². The number of aromatic nitrogens is 3. The summed E-state index contributed by atoms with van der Waals surface area (Å²) in [6.07, 6.45) is 6.88. The predicted molar refractivity (Wildman–Crippen MR) is 97.7 cm³/mol. The summed E-state index contributed by atoms with van der Waals surface area (Å²) in [5.74, 6) is 0. The van der Waals surface area contributed by atoms with Crippen molar-refractivity contribution >= 4 is 17.2 Å². The summed E-state index contributed by atoms with van der Waals surface area (Å²) in [5.41, 5.74) is 2.40. The molecule has 0 unspecified atom stereocenters. The third-order valence-corrected chi connectivity index (χ3v) is 4.91. The lowest BCUT2D eigenvalue weighted by Gasteiger charge is -2.35. The van der Waals surface area contributed by atoms with Crippen molar-refractivity contribution < 1.29 is 0 Å². The Morgan fingerprint density at radius 1 is 1.20 bits per heavy atom. The van der Waals surface area contributed by atoms with Crippen LogP contribution in [0.15, 0.2) is 53.6 Å². The fourth-order valence-electron chi connectivity index (χ4n) is 3.50. The van der Waals surface area contributed by atoms with Crippen molar-refractivity contribution in [1.82, 2.24) is 19.3 Å². The Morgan fingerprint density at radius 3 is 2.96 bits per heavy atom. The first-order valence-electron chi connectivity index (χ1n) is 8.53. The number of fused-ring (bicyclic) bond motifs is 1. The van der Waals surface area contributed by atoms with Gasteiger partial charge in [-0.05, 0) is 43.7 Å². The Kier molecular flexibility index (Phi) is 4.51. The maximum Gasteiger partial charge on any atom is 0.258 e. The first kappa shape index (κ1) is 16.2. The summed E-state index contributed by atoms with van der Waals surface area (Å²) in [6, 6.07) is 11.5. The highest BCUT2D eigenvalue weighted by atomic mass is 35.5. The molecule has 128 valence electrons. The van der Waals surface area contributed by atoms with Gasteiger partial charge in [0.15, 0.2) is 0 Å². The zero-order valence-corrected chi connectivity index (χ0v) is 14.6. The van der Waals surface area contributed by atoms with E-state index in [4.69, 9.17) is 11.6 Å². The molecule has 0 radical (unpaired) electrons. The molecule has 3 aromatic rings. The monoisotopic (exact) mass is 354 g/mol. The van der Waals surface area contributed by atoms with Crippen LogP contribution in [0.1, 0.15) is 36.7 Å². The van der Waals surface area contributed by atoms with E-state index in [1.807, 2.05) is 18.3 Å². The number of rotatable bonds is 3. The molecule has 3 aromatic heterocycles. The molecule has 4 heterocycles. The summed E-state index contributed by atoms with van der Waals surface area (Å²) in [4.78, 5) is 23.9. The van der Waals surface area contributed by atoms with Gasteiger partial charge in [0.1, 0.15) is 5.65 Å². The highest BCUT2D eigenvalue weighted by molar-refractivity contribution is 6.30. The summed E-state index contributed by atoms with van der Waals surface area (Å²) in [5, 5.41) is 0.524. The van der Waals surface area contributed by atoms with Crippen LogP contribution in [0.4, 0.5) is 0 Å². The van der Waals surface area contributed by atoms with Crippen LogP contribution in [0.25, 0.3) is 5.65 Å². The molecule has 5 nitrogen and oxygen atoms in total. The largest absolute Gasteiger partial charge is 0.289 e. The SMILES string of the molecule is O=c1cc(CN2CCCC[C@H]2c2ccccn2)nc2ccc(Cl)cn12. The van der Waals surface area contributed by atoms with Crippen LogP contribution >= 0.6 is 11.6 Å². The van der Waals surface area contributed by atoms with E-state index in [-0.39, 0.29) is 11.6 Å². The van der Waals surface area contributed by atoms with Crippen molar-refractivity contribution in [2.45, 2.75) is 31.8 Å². The van der Waals surface area contributed by atoms with E-state index < -0.39 is 0 Å². The minimum Gasteiger partial charge on any atom is -0.289 e. The molecule has 0 N–H and O–H groups in total. The number of halogens is 1. The Bertz CT molecular complexity index is 941. The molecule has 0 aliphatic carbocycles. The van der Waals surface area contributed by atoms with Gasteiger partial charge in [0.05, 0.1) is 22.5 Å². The zero-order chi connectivity index (χ0) is 17.2. The molecule has 1 aliphatic heterocycles. The maximum absolute atomic E-state index is 12.4. The van der Waals surface area contributed by atoms with Crippen molar-refractivity contribution in [3.63, 3.8) is 0 Å². The van der Waals surface area contributed by atoms with Crippen LogP contribution < -0.4 is 5.56 Å². The van der Waals surface area contributed by atoms with Gasteiger partial charge in [-0.25, -0.2) is 4.98 Å². The predicted octanol–water partition coefficient (Wildman–Crippen LogP) is 3.47. The number of hydrogen-bond donors (Lipinski definition) is 0. The van der Waals surface area contributed by atoms with E-state index in [1.165, 1.54) is 10.8 Å². The normalized spacial score (nSPS) is 18.5. The lowest BCUT2D eigenvalue weighted by Crippen LogP contribution is -2.34. The lowest BCUT2D eigenvalue weighted by molar-refractivity contribution is 0.135. The Labute approximate surface area is 150 Å². The van der Waals surface area contributed by atoms with Gasteiger partial charge < -0.3 is 0 Å². The fraction of sp³-hybridized carbons (Fsp3) is 0.316. The van der Waals surface area contributed by atoms with E-state index in [1.54, 1.807) is 24.4 Å². The number of hydrogen-bond acceptors (Lipinski definition) is 4. The van der Waals surface area contributed by atoms with E-state index >= 15 is 0 Å². The minimum absolute atomic E-state index is 0.103. The molecule has 4 rings (SSSR count). The highest BCUT2D eigenvalue weighted by Gasteiger charge is 2.25. The number of nitrogens with zero attached hydrogens (tertiary/aromatic N) is 4. The maximum atomic E-state index is 12.4. The average molecular weight is 355 g/mol. The van der Waals surface area contributed by atoms with Crippen molar-refractivity contribution in [2.75, 3.05) is 6.54 Å². The molecule has 6 heteroatoms. The average Bonchev–Trinajstić information content (AvgIpc) is 2.64. The molecule has 0 spiro atoms. The number of likely N-dealkylation sites (tertiary alicyclic amines) is 1. The quantitative estimate of drug-likeness (QED) is 0.722. The van der Waals surface area contributed by atoms with Gasteiger partial charge in [0, 0.05) is 25.0 Å². The fourth-order valence-corrected chi connectivity index (χ4v) is 3.66. The molecule has 25 heavy (non-hydrogen) atoms. The molecule has 0 saturated carbocycles.